The van der Waals surface area contributed by atoms with Gasteiger partial charge in [0.15, 0.2) is 0 Å². The van der Waals surface area contributed by atoms with E-state index in [1.54, 1.807) is 16.7 Å². The number of piperidine rings is 1. The largest absolute Gasteiger partial charge is 0.369 e. The van der Waals surface area contributed by atoms with E-state index in [1.165, 1.54) is 0 Å². The Kier molecular flexibility index (Phi) is 5.12. The highest BCUT2D eigenvalue weighted by Crippen LogP contribution is 2.48. The first-order valence-corrected chi connectivity index (χ1v) is 10.1. The lowest BCUT2D eigenvalue weighted by atomic mass is 9.97. The summed E-state index contributed by atoms with van der Waals surface area (Å²) in [7, 11) is 0. The monoisotopic (exact) mass is 401 g/mol. The Labute approximate surface area is 167 Å². The fourth-order valence-electron chi connectivity index (χ4n) is 3.69. The van der Waals surface area contributed by atoms with Gasteiger partial charge in [-0.3, -0.25) is 19.4 Å². The second kappa shape index (κ2) is 7.54. The molecule has 0 aliphatic carbocycles. The van der Waals surface area contributed by atoms with Crippen LogP contribution in [0.5, 0.6) is 0 Å². The summed E-state index contributed by atoms with van der Waals surface area (Å²) in [5.74, 6) is -0.502. The molecule has 0 aromatic heterocycles. The molecule has 0 unspecified atom stereocenters. The standard InChI is InChI=1S/C20H20ClN3O2S/c21-14-7-8-18-16(10-14)24(15-5-1-2-6-17(15)27-18)19(25)12-23-9-3-4-13(11-23)20(22)26/h1-2,5-8,10,13H,3-4,9,11-12H2,(H2,22,26)/t13-/m1/s1. The Hall–Kier alpha value is -2.02. The third-order valence-electron chi connectivity index (χ3n) is 5.00. The molecule has 2 heterocycles. The van der Waals surface area contributed by atoms with E-state index in [4.69, 9.17) is 17.3 Å². The van der Waals surface area contributed by atoms with Crippen LogP contribution in [0.3, 0.4) is 0 Å². The number of nitrogens with zero attached hydrogens (tertiary/aromatic N) is 2. The van der Waals surface area contributed by atoms with Gasteiger partial charge in [-0.05, 0) is 49.7 Å². The quantitative estimate of drug-likeness (QED) is 0.852. The maximum absolute atomic E-state index is 13.3. The number of nitrogens with two attached hydrogens (primary N) is 1. The number of likely N-dealkylation sites (tertiary alicyclic amines) is 1. The number of halogens is 1. The molecule has 5 nitrogen and oxygen atoms in total. The summed E-state index contributed by atoms with van der Waals surface area (Å²) >= 11 is 7.85. The average molecular weight is 402 g/mol. The van der Waals surface area contributed by atoms with Crippen molar-refractivity contribution in [2.24, 2.45) is 11.7 Å². The van der Waals surface area contributed by atoms with Crippen molar-refractivity contribution in [3.05, 3.63) is 47.5 Å². The van der Waals surface area contributed by atoms with Crippen LogP contribution in [-0.2, 0) is 9.59 Å². The number of anilines is 2. The van der Waals surface area contributed by atoms with Crippen LogP contribution in [0.4, 0.5) is 11.4 Å². The molecule has 140 valence electrons. The summed E-state index contributed by atoms with van der Waals surface area (Å²) in [4.78, 5) is 30.6. The minimum Gasteiger partial charge on any atom is -0.369 e. The number of para-hydroxylation sites is 1. The van der Waals surface area contributed by atoms with Crippen LogP contribution in [0.15, 0.2) is 52.3 Å². The van der Waals surface area contributed by atoms with Crippen LogP contribution < -0.4 is 10.6 Å². The van der Waals surface area contributed by atoms with Gasteiger partial charge in [-0.2, -0.15) is 0 Å². The summed E-state index contributed by atoms with van der Waals surface area (Å²) in [6.45, 7) is 1.57. The normalized spacial score (nSPS) is 19.3. The van der Waals surface area contributed by atoms with E-state index in [0.29, 0.717) is 11.6 Å². The molecule has 0 saturated carbocycles. The maximum Gasteiger partial charge on any atom is 0.245 e. The molecule has 2 aromatic carbocycles. The van der Waals surface area contributed by atoms with Gasteiger partial charge in [0.05, 0.1) is 23.8 Å². The number of primary amides is 1. The fourth-order valence-corrected chi connectivity index (χ4v) is 4.89. The van der Waals surface area contributed by atoms with Crippen LogP contribution in [0, 0.1) is 5.92 Å². The minimum absolute atomic E-state index is 0.0311. The van der Waals surface area contributed by atoms with E-state index in [-0.39, 0.29) is 24.3 Å². The molecule has 1 saturated heterocycles. The number of benzene rings is 2. The molecule has 0 radical (unpaired) electrons. The lowest BCUT2D eigenvalue weighted by molar-refractivity contribution is -0.125. The molecule has 7 heteroatoms. The Morgan fingerprint density at radius 3 is 2.74 bits per heavy atom. The number of fused-ring (bicyclic) bond motifs is 2. The average Bonchev–Trinajstić information content (AvgIpc) is 2.66. The van der Waals surface area contributed by atoms with Gasteiger partial charge >= 0.3 is 0 Å². The molecule has 1 atom stereocenters. The van der Waals surface area contributed by atoms with Crippen molar-refractivity contribution in [3.8, 4) is 0 Å². The second-order valence-electron chi connectivity index (χ2n) is 6.89. The molecule has 4 rings (SSSR count). The summed E-state index contributed by atoms with van der Waals surface area (Å²) in [6.07, 6.45) is 1.66. The van der Waals surface area contributed by atoms with Crippen LogP contribution in [0.2, 0.25) is 5.02 Å². The Morgan fingerprint density at radius 2 is 1.93 bits per heavy atom. The van der Waals surface area contributed by atoms with Crippen LogP contribution >= 0.6 is 23.4 Å². The summed E-state index contributed by atoms with van der Waals surface area (Å²) < 4.78 is 0. The first kappa shape index (κ1) is 18.3. The van der Waals surface area contributed by atoms with Gasteiger partial charge in [0.25, 0.3) is 0 Å². The maximum atomic E-state index is 13.3. The Morgan fingerprint density at radius 1 is 1.15 bits per heavy atom. The SMILES string of the molecule is NC(=O)[C@@H]1CCCN(CC(=O)N2c3ccccc3Sc3ccc(Cl)cc32)C1. The lowest BCUT2D eigenvalue weighted by Gasteiger charge is -2.35. The molecule has 2 aromatic rings. The third-order valence-corrected chi connectivity index (χ3v) is 6.37. The van der Waals surface area contributed by atoms with Gasteiger partial charge in [0.1, 0.15) is 0 Å². The number of rotatable bonds is 3. The van der Waals surface area contributed by atoms with Crippen molar-refractivity contribution < 1.29 is 9.59 Å². The highest BCUT2D eigenvalue weighted by molar-refractivity contribution is 7.99. The van der Waals surface area contributed by atoms with E-state index in [2.05, 4.69) is 0 Å². The van der Waals surface area contributed by atoms with Gasteiger partial charge in [0, 0.05) is 21.4 Å². The van der Waals surface area contributed by atoms with Gasteiger partial charge in [-0.25, -0.2) is 0 Å². The Bertz CT molecular complexity index is 905. The van der Waals surface area contributed by atoms with Crippen molar-refractivity contribution in [3.63, 3.8) is 0 Å². The van der Waals surface area contributed by atoms with Crippen LogP contribution in [0.25, 0.3) is 0 Å². The van der Waals surface area contributed by atoms with E-state index < -0.39 is 0 Å². The first-order chi connectivity index (χ1) is 13.0. The number of carbonyl (C=O) groups is 2. The zero-order chi connectivity index (χ0) is 19.0. The van der Waals surface area contributed by atoms with Crippen LogP contribution in [-0.4, -0.2) is 36.3 Å². The molecule has 0 spiro atoms. The third kappa shape index (κ3) is 3.70. The molecule has 2 N–H and O–H groups in total. The predicted octanol–water partition coefficient (Wildman–Crippen LogP) is 3.67. The van der Waals surface area contributed by atoms with E-state index >= 15 is 0 Å². The lowest BCUT2D eigenvalue weighted by Crippen LogP contribution is -2.46. The van der Waals surface area contributed by atoms with Gasteiger partial charge in [-0.15, -0.1) is 0 Å². The van der Waals surface area contributed by atoms with Gasteiger partial charge in [0.2, 0.25) is 11.8 Å². The second-order valence-corrected chi connectivity index (χ2v) is 8.41. The highest BCUT2D eigenvalue weighted by Gasteiger charge is 2.31. The first-order valence-electron chi connectivity index (χ1n) is 8.94. The molecular weight excluding hydrogens is 382 g/mol. The van der Waals surface area contributed by atoms with Crippen LogP contribution in [0.1, 0.15) is 12.8 Å². The zero-order valence-corrected chi connectivity index (χ0v) is 16.3. The molecule has 2 aliphatic rings. The Balaban J connectivity index is 1.63. The number of hydrogen-bond donors (Lipinski definition) is 1. The molecule has 27 heavy (non-hydrogen) atoms. The molecular formula is C20H20ClN3O2S. The summed E-state index contributed by atoms with van der Waals surface area (Å²) in [6, 6.07) is 13.5. The van der Waals surface area contributed by atoms with Crippen molar-refractivity contribution >= 4 is 46.6 Å². The van der Waals surface area contributed by atoms with Gasteiger partial charge in [-0.1, -0.05) is 35.5 Å². The van der Waals surface area contributed by atoms with Crippen molar-refractivity contribution in [1.82, 2.24) is 4.90 Å². The summed E-state index contributed by atoms with van der Waals surface area (Å²) in [5.41, 5.74) is 7.14. The topological polar surface area (TPSA) is 66.6 Å². The molecule has 2 aliphatic heterocycles. The van der Waals surface area contributed by atoms with E-state index in [9.17, 15) is 9.59 Å². The smallest absolute Gasteiger partial charge is 0.245 e. The van der Waals surface area contributed by atoms with Crippen molar-refractivity contribution in [2.75, 3.05) is 24.5 Å². The number of hydrogen-bond acceptors (Lipinski definition) is 4. The zero-order valence-electron chi connectivity index (χ0n) is 14.7. The van der Waals surface area contributed by atoms with Crippen molar-refractivity contribution in [1.29, 1.82) is 0 Å². The molecule has 1 fully saturated rings. The molecule has 2 amide bonds. The van der Waals surface area contributed by atoms with Gasteiger partial charge < -0.3 is 5.73 Å². The predicted molar refractivity (Wildman–Crippen MR) is 108 cm³/mol. The minimum atomic E-state index is -0.288. The highest BCUT2D eigenvalue weighted by atomic mass is 35.5. The van der Waals surface area contributed by atoms with Crippen molar-refractivity contribution in [2.45, 2.75) is 22.6 Å². The fraction of sp³-hybridized carbons (Fsp3) is 0.300. The number of carbonyl (C=O) groups excluding carboxylic acids is 2. The van der Waals surface area contributed by atoms with E-state index in [0.717, 1.165) is 40.6 Å². The summed E-state index contributed by atoms with van der Waals surface area (Å²) in [5, 5.41) is 0.596. The van der Waals surface area contributed by atoms with E-state index in [1.807, 2.05) is 47.4 Å². The molecule has 0 bridgehead atoms. The number of amides is 2.